The molecule has 1 aliphatic heterocycles. The normalized spacial score (nSPS) is 21.6. The molecule has 0 amide bonds. The van der Waals surface area contributed by atoms with Crippen LogP contribution in [0.1, 0.15) is 44.3 Å². The molecule has 5 rings (SSSR count). The third-order valence-electron chi connectivity index (χ3n) is 7.14. The number of hydrogen-bond acceptors (Lipinski definition) is 8. The van der Waals surface area contributed by atoms with Gasteiger partial charge in [-0.05, 0) is 41.8 Å². The molecule has 222 valence electrons. The van der Waals surface area contributed by atoms with Crippen LogP contribution in [0.4, 0.5) is 0 Å². The molecule has 1 saturated heterocycles. The van der Waals surface area contributed by atoms with Crippen molar-refractivity contribution in [3.8, 4) is 0 Å². The molecule has 8 heteroatoms. The zero-order chi connectivity index (χ0) is 30.0. The van der Waals surface area contributed by atoms with Gasteiger partial charge in [-0.3, -0.25) is 0 Å². The highest BCUT2D eigenvalue weighted by Crippen LogP contribution is 2.29. The first-order valence-electron chi connectivity index (χ1n) is 14.1. The van der Waals surface area contributed by atoms with E-state index in [0.717, 1.165) is 11.1 Å². The molecule has 0 saturated carbocycles. The van der Waals surface area contributed by atoms with Crippen LogP contribution >= 0.6 is 0 Å². The van der Waals surface area contributed by atoms with Crippen LogP contribution in [0, 0.1) is 0 Å². The van der Waals surface area contributed by atoms with Crippen LogP contribution in [0.15, 0.2) is 115 Å². The summed E-state index contributed by atoms with van der Waals surface area (Å²) in [4.78, 5) is 26.0. The number of hydrogen-bond donors (Lipinski definition) is 1. The lowest BCUT2D eigenvalue weighted by atomic mass is 9.99. The van der Waals surface area contributed by atoms with Crippen molar-refractivity contribution in [3.63, 3.8) is 0 Å². The van der Waals surface area contributed by atoms with Gasteiger partial charge in [-0.1, -0.05) is 97.1 Å². The van der Waals surface area contributed by atoms with Crippen molar-refractivity contribution < 1.29 is 38.4 Å². The lowest BCUT2D eigenvalue weighted by Gasteiger charge is -2.42. The third-order valence-corrected chi connectivity index (χ3v) is 7.14. The van der Waals surface area contributed by atoms with E-state index < -0.39 is 42.6 Å². The number of rotatable bonds is 11. The van der Waals surface area contributed by atoms with Gasteiger partial charge in [0.25, 0.3) is 0 Å². The standard InChI is InChI=1S/C35H34O8/c1-24-31(39-21-25-13-5-2-6-14-25)30(36)32(43-33(37)27-17-9-4-10-18-27)35(42-24)41-23-28-19-11-12-20-29(28)34(38)40-22-26-15-7-3-8-16-26/h2-20,24,30-32,35-36H,21-23H2,1H3/t24-,30+,31-,32+,35+/m0/s1. The Morgan fingerprint density at radius 1 is 0.674 bits per heavy atom. The minimum atomic E-state index is -1.25. The Kier molecular flexibility index (Phi) is 10.3. The summed E-state index contributed by atoms with van der Waals surface area (Å²) in [6.07, 6.45) is -4.99. The first-order chi connectivity index (χ1) is 21.0. The maximum atomic E-state index is 13.0. The van der Waals surface area contributed by atoms with E-state index in [-0.39, 0.29) is 19.8 Å². The third kappa shape index (κ3) is 7.94. The summed E-state index contributed by atoms with van der Waals surface area (Å²) in [6.45, 7) is 2.07. The fraction of sp³-hybridized carbons (Fsp3) is 0.257. The lowest BCUT2D eigenvalue weighted by molar-refractivity contribution is -0.303. The minimum Gasteiger partial charge on any atom is -0.457 e. The SMILES string of the molecule is C[C@@H]1O[C@@H](OCc2ccccc2C(=O)OCc2ccccc2)[C@H](OC(=O)c2ccccc2)[C@H](O)[C@H]1OCc1ccccc1. The number of ether oxygens (including phenoxy) is 5. The maximum absolute atomic E-state index is 13.0. The van der Waals surface area contributed by atoms with Crippen molar-refractivity contribution in [1.29, 1.82) is 0 Å². The molecule has 0 radical (unpaired) electrons. The molecule has 1 heterocycles. The van der Waals surface area contributed by atoms with Crippen LogP contribution in [-0.2, 0) is 43.5 Å². The molecule has 4 aromatic carbocycles. The first kappa shape index (κ1) is 30.1. The van der Waals surface area contributed by atoms with Gasteiger partial charge < -0.3 is 28.8 Å². The minimum absolute atomic E-state index is 0.0599. The van der Waals surface area contributed by atoms with Gasteiger partial charge in [0.2, 0.25) is 0 Å². The highest BCUT2D eigenvalue weighted by Gasteiger charge is 2.47. The molecule has 0 aliphatic carbocycles. The van der Waals surface area contributed by atoms with Crippen LogP contribution < -0.4 is 0 Å². The van der Waals surface area contributed by atoms with E-state index in [1.165, 1.54) is 0 Å². The average Bonchev–Trinajstić information content (AvgIpc) is 3.05. The quantitative estimate of drug-likeness (QED) is 0.232. The second-order valence-corrected chi connectivity index (χ2v) is 10.2. The number of esters is 2. The van der Waals surface area contributed by atoms with Crippen molar-refractivity contribution in [3.05, 3.63) is 143 Å². The van der Waals surface area contributed by atoms with E-state index in [2.05, 4.69) is 0 Å². The fourth-order valence-electron chi connectivity index (χ4n) is 4.84. The Morgan fingerprint density at radius 3 is 1.93 bits per heavy atom. The molecule has 43 heavy (non-hydrogen) atoms. The molecule has 0 spiro atoms. The summed E-state index contributed by atoms with van der Waals surface area (Å²) >= 11 is 0. The van der Waals surface area contributed by atoms with E-state index >= 15 is 0 Å². The molecule has 1 N–H and O–H groups in total. The number of benzene rings is 4. The summed E-state index contributed by atoms with van der Waals surface area (Å²) in [7, 11) is 0. The van der Waals surface area contributed by atoms with E-state index in [1.54, 1.807) is 61.5 Å². The van der Waals surface area contributed by atoms with Crippen LogP contribution in [0.5, 0.6) is 0 Å². The Hall–Kier alpha value is -4.34. The number of aliphatic hydroxyl groups excluding tert-OH is 1. The van der Waals surface area contributed by atoms with Crippen molar-refractivity contribution >= 4 is 11.9 Å². The number of carbonyl (C=O) groups is 2. The van der Waals surface area contributed by atoms with Gasteiger partial charge in [-0.2, -0.15) is 0 Å². The van der Waals surface area contributed by atoms with Crippen LogP contribution in [0.3, 0.4) is 0 Å². The van der Waals surface area contributed by atoms with Crippen molar-refractivity contribution in [2.24, 2.45) is 0 Å². The summed E-state index contributed by atoms with van der Waals surface area (Å²) in [5.74, 6) is -1.13. The van der Waals surface area contributed by atoms with Crippen LogP contribution in [0.25, 0.3) is 0 Å². The number of aliphatic hydroxyl groups is 1. The second-order valence-electron chi connectivity index (χ2n) is 10.2. The van der Waals surface area contributed by atoms with E-state index in [9.17, 15) is 14.7 Å². The van der Waals surface area contributed by atoms with Gasteiger partial charge in [0.05, 0.1) is 30.4 Å². The van der Waals surface area contributed by atoms with E-state index in [1.807, 2.05) is 60.7 Å². The number of carbonyl (C=O) groups excluding carboxylic acids is 2. The summed E-state index contributed by atoms with van der Waals surface area (Å²) in [5, 5.41) is 11.4. The predicted octanol–water partition coefficient (Wildman–Crippen LogP) is 5.48. The Bertz CT molecular complexity index is 1460. The van der Waals surface area contributed by atoms with Gasteiger partial charge >= 0.3 is 11.9 Å². The molecule has 1 aliphatic rings. The Morgan fingerprint density at radius 2 is 1.26 bits per heavy atom. The summed E-state index contributed by atoms with van der Waals surface area (Å²) < 4.78 is 29.6. The zero-order valence-electron chi connectivity index (χ0n) is 23.8. The zero-order valence-corrected chi connectivity index (χ0v) is 23.8. The predicted molar refractivity (Wildman–Crippen MR) is 158 cm³/mol. The Labute approximate surface area is 250 Å². The van der Waals surface area contributed by atoms with Crippen LogP contribution in [-0.4, -0.2) is 47.8 Å². The largest absolute Gasteiger partial charge is 0.457 e. The highest BCUT2D eigenvalue weighted by molar-refractivity contribution is 5.91. The van der Waals surface area contributed by atoms with Gasteiger partial charge in [0.1, 0.15) is 18.8 Å². The maximum Gasteiger partial charge on any atom is 0.338 e. The van der Waals surface area contributed by atoms with E-state index in [0.29, 0.717) is 16.7 Å². The topological polar surface area (TPSA) is 101 Å². The van der Waals surface area contributed by atoms with Gasteiger partial charge in [-0.25, -0.2) is 9.59 Å². The molecule has 8 nitrogen and oxygen atoms in total. The average molecular weight is 583 g/mol. The molecule has 5 atom stereocenters. The van der Waals surface area contributed by atoms with Crippen molar-refractivity contribution in [2.75, 3.05) is 0 Å². The van der Waals surface area contributed by atoms with Gasteiger partial charge in [-0.15, -0.1) is 0 Å². The molecule has 0 aromatic heterocycles. The van der Waals surface area contributed by atoms with Crippen molar-refractivity contribution in [2.45, 2.75) is 57.5 Å². The lowest BCUT2D eigenvalue weighted by Crippen LogP contribution is -2.59. The molecule has 0 unspecified atom stereocenters. The van der Waals surface area contributed by atoms with Crippen molar-refractivity contribution in [1.82, 2.24) is 0 Å². The molecular formula is C35H34O8. The monoisotopic (exact) mass is 582 g/mol. The summed E-state index contributed by atoms with van der Waals surface area (Å²) in [6, 6.07) is 34.4. The smallest absolute Gasteiger partial charge is 0.338 e. The first-order valence-corrected chi connectivity index (χ1v) is 14.1. The highest BCUT2D eigenvalue weighted by atomic mass is 16.7. The van der Waals surface area contributed by atoms with E-state index in [4.69, 9.17) is 23.7 Å². The van der Waals surface area contributed by atoms with Crippen LogP contribution in [0.2, 0.25) is 0 Å². The molecule has 1 fully saturated rings. The fourth-order valence-corrected chi connectivity index (χ4v) is 4.84. The molecule has 0 bridgehead atoms. The summed E-state index contributed by atoms with van der Waals surface area (Å²) in [5.41, 5.74) is 3.01. The Balaban J connectivity index is 1.30. The molecular weight excluding hydrogens is 548 g/mol. The van der Waals surface area contributed by atoms with Gasteiger partial charge in [0.15, 0.2) is 12.4 Å². The molecule has 4 aromatic rings. The van der Waals surface area contributed by atoms with Gasteiger partial charge in [0, 0.05) is 0 Å². The second kappa shape index (κ2) is 14.7.